The second-order valence-corrected chi connectivity index (χ2v) is 4.85. The molecule has 2 aromatic carbocycles. The van der Waals surface area contributed by atoms with Crippen LogP contribution in [0.2, 0.25) is 0 Å². The second-order valence-electron chi connectivity index (χ2n) is 4.85. The lowest BCUT2D eigenvalue weighted by atomic mass is 9.96. The molecule has 3 rings (SSSR count). The van der Waals surface area contributed by atoms with Crippen molar-refractivity contribution in [2.24, 2.45) is 0 Å². The summed E-state index contributed by atoms with van der Waals surface area (Å²) < 4.78 is 0. The molecule has 0 amide bonds. The van der Waals surface area contributed by atoms with E-state index >= 15 is 0 Å². The minimum Gasteiger partial charge on any atom is -0.383 e. The molecule has 1 heterocycles. The first-order valence-corrected chi connectivity index (χ1v) is 6.94. The van der Waals surface area contributed by atoms with E-state index in [9.17, 15) is 0 Å². The summed E-state index contributed by atoms with van der Waals surface area (Å²) in [6.45, 7) is 0. The van der Waals surface area contributed by atoms with Crippen molar-refractivity contribution in [1.82, 2.24) is 9.97 Å². The van der Waals surface area contributed by atoms with Crippen molar-refractivity contribution in [2.45, 2.75) is 0 Å². The van der Waals surface area contributed by atoms with E-state index in [0.717, 1.165) is 16.7 Å². The predicted molar refractivity (Wildman–Crippen MR) is 90.7 cm³/mol. The second kappa shape index (κ2) is 6.10. The van der Waals surface area contributed by atoms with Gasteiger partial charge in [-0.15, -0.1) is 0 Å². The summed E-state index contributed by atoms with van der Waals surface area (Å²) in [5.74, 6) is 0.747. The highest BCUT2D eigenvalue weighted by atomic mass is 15.0. The molecule has 0 saturated carbocycles. The van der Waals surface area contributed by atoms with E-state index in [-0.39, 0.29) is 0 Å². The van der Waals surface area contributed by atoms with Gasteiger partial charge in [-0.1, -0.05) is 60.7 Å². The number of nitrogen functional groups attached to an aromatic ring is 2. The van der Waals surface area contributed by atoms with Gasteiger partial charge in [0, 0.05) is 0 Å². The smallest absolute Gasteiger partial charge is 0.136 e. The van der Waals surface area contributed by atoms with Gasteiger partial charge < -0.3 is 11.5 Å². The van der Waals surface area contributed by atoms with Gasteiger partial charge in [-0.25, -0.2) is 9.97 Å². The Labute approximate surface area is 129 Å². The topological polar surface area (TPSA) is 77.8 Å². The molecule has 4 N–H and O–H groups in total. The Morgan fingerprint density at radius 3 is 1.91 bits per heavy atom. The van der Waals surface area contributed by atoms with Gasteiger partial charge in [0.1, 0.15) is 18.0 Å². The molecular weight excluding hydrogens is 272 g/mol. The van der Waals surface area contributed by atoms with Crippen molar-refractivity contribution in [3.05, 3.63) is 83.7 Å². The van der Waals surface area contributed by atoms with E-state index in [4.69, 9.17) is 11.5 Å². The highest BCUT2D eigenvalue weighted by molar-refractivity contribution is 5.97. The maximum absolute atomic E-state index is 6.04. The molecule has 0 unspecified atom stereocenters. The third-order valence-electron chi connectivity index (χ3n) is 3.37. The van der Waals surface area contributed by atoms with Crippen LogP contribution in [0.15, 0.2) is 67.0 Å². The molecule has 0 atom stereocenters. The summed E-state index contributed by atoms with van der Waals surface area (Å²) in [5.41, 5.74) is 15.7. The van der Waals surface area contributed by atoms with Gasteiger partial charge in [0.2, 0.25) is 0 Å². The molecule has 1 aromatic heterocycles. The van der Waals surface area contributed by atoms with Gasteiger partial charge in [0.25, 0.3) is 0 Å². The Bertz CT molecular complexity index is 776. The maximum Gasteiger partial charge on any atom is 0.136 e. The number of hydrogen-bond acceptors (Lipinski definition) is 4. The zero-order valence-corrected chi connectivity index (χ0v) is 12.0. The molecule has 3 aromatic rings. The molecule has 0 saturated heterocycles. The molecule has 4 heteroatoms. The van der Waals surface area contributed by atoms with Crippen LogP contribution in [-0.4, -0.2) is 9.97 Å². The van der Waals surface area contributed by atoms with Crippen molar-refractivity contribution in [3.8, 4) is 0 Å². The lowest BCUT2D eigenvalue weighted by molar-refractivity contribution is 1.17. The van der Waals surface area contributed by atoms with Crippen LogP contribution in [0.4, 0.5) is 11.6 Å². The third-order valence-corrected chi connectivity index (χ3v) is 3.37. The van der Waals surface area contributed by atoms with Crippen molar-refractivity contribution in [3.63, 3.8) is 0 Å². The van der Waals surface area contributed by atoms with E-state index in [0.29, 0.717) is 17.2 Å². The van der Waals surface area contributed by atoms with Gasteiger partial charge >= 0.3 is 0 Å². The number of nitrogens with zero attached hydrogens (tertiary/aromatic N) is 2. The molecule has 108 valence electrons. The SMILES string of the molecule is Nc1ncnc(N)c1/C(=C/c1ccccc1)c1ccccc1. The summed E-state index contributed by atoms with van der Waals surface area (Å²) in [6.07, 6.45) is 3.42. The highest BCUT2D eigenvalue weighted by Gasteiger charge is 2.14. The van der Waals surface area contributed by atoms with Crippen LogP contribution < -0.4 is 11.5 Å². The van der Waals surface area contributed by atoms with Crippen LogP contribution in [0, 0.1) is 0 Å². The molecule has 0 radical (unpaired) electrons. The first kappa shape index (κ1) is 13.8. The molecule has 0 spiro atoms. The Morgan fingerprint density at radius 2 is 1.32 bits per heavy atom. The van der Waals surface area contributed by atoms with Crippen LogP contribution in [-0.2, 0) is 0 Å². The van der Waals surface area contributed by atoms with Gasteiger partial charge in [0.05, 0.1) is 5.56 Å². The fourth-order valence-electron chi connectivity index (χ4n) is 2.32. The third kappa shape index (κ3) is 2.81. The quantitative estimate of drug-likeness (QED) is 0.725. The zero-order valence-electron chi connectivity index (χ0n) is 12.0. The van der Waals surface area contributed by atoms with Gasteiger partial charge in [0.15, 0.2) is 0 Å². The molecule has 4 nitrogen and oxygen atoms in total. The normalized spacial score (nSPS) is 11.4. The highest BCUT2D eigenvalue weighted by Crippen LogP contribution is 2.31. The van der Waals surface area contributed by atoms with Gasteiger partial charge in [-0.05, 0) is 22.8 Å². The van der Waals surface area contributed by atoms with Crippen LogP contribution in [0.25, 0.3) is 11.6 Å². The number of anilines is 2. The number of benzene rings is 2. The van der Waals surface area contributed by atoms with E-state index in [1.807, 2.05) is 66.7 Å². The van der Waals surface area contributed by atoms with E-state index < -0.39 is 0 Å². The summed E-state index contributed by atoms with van der Waals surface area (Å²) in [4.78, 5) is 8.15. The lowest BCUT2D eigenvalue weighted by Gasteiger charge is -2.12. The average molecular weight is 288 g/mol. The Kier molecular flexibility index (Phi) is 3.83. The van der Waals surface area contributed by atoms with E-state index in [1.54, 1.807) is 0 Å². The van der Waals surface area contributed by atoms with Crippen molar-refractivity contribution >= 4 is 23.3 Å². The Balaban J connectivity index is 2.23. The number of nitrogens with two attached hydrogens (primary N) is 2. The maximum atomic E-state index is 6.04. The summed E-state index contributed by atoms with van der Waals surface area (Å²) >= 11 is 0. The van der Waals surface area contributed by atoms with Crippen molar-refractivity contribution in [2.75, 3.05) is 11.5 Å². The molecule has 0 aliphatic rings. The standard InChI is InChI=1S/C18H16N4/c19-17-16(18(20)22-12-21-17)15(14-9-5-2-6-10-14)11-13-7-3-1-4-8-13/h1-12H,(H4,19,20,21,22)/b15-11+. The fourth-order valence-corrected chi connectivity index (χ4v) is 2.32. The minimum atomic E-state index is 0.374. The van der Waals surface area contributed by atoms with E-state index in [1.165, 1.54) is 6.33 Å². The summed E-state index contributed by atoms with van der Waals surface area (Å²) in [5, 5.41) is 0. The first-order valence-electron chi connectivity index (χ1n) is 6.94. The van der Waals surface area contributed by atoms with Crippen molar-refractivity contribution < 1.29 is 0 Å². The average Bonchev–Trinajstić information content (AvgIpc) is 2.55. The molecule has 0 aliphatic carbocycles. The van der Waals surface area contributed by atoms with Gasteiger partial charge in [-0.3, -0.25) is 0 Å². The predicted octanol–water partition coefficient (Wildman–Crippen LogP) is 3.23. The monoisotopic (exact) mass is 288 g/mol. The van der Waals surface area contributed by atoms with Crippen molar-refractivity contribution in [1.29, 1.82) is 0 Å². The molecule has 0 bridgehead atoms. The summed E-state index contributed by atoms with van der Waals surface area (Å²) in [6, 6.07) is 20.0. The van der Waals surface area contributed by atoms with E-state index in [2.05, 4.69) is 9.97 Å². The lowest BCUT2D eigenvalue weighted by Crippen LogP contribution is -2.05. The molecule has 22 heavy (non-hydrogen) atoms. The number of rotatable bonds is 3. The van der Waals surface area contributed by atoms with Crippen LogP contribution >= 0.6 is 0 Å². The molecular formula is C18H16N4. The minimum absolute atomic E-state index is 0.374. The summed E-state index contributed by atoms with van der Waals surface area (Å²) in [7, 11) is 0. The van der Waals surface area contributed by atoms with Crippen LogP contribution in [0.3, 0.4) is 0 Å². The van der Waals surface area contributed by atoms with Gasteiger partial charge in [-0.2, -0.15) is 0 Å². The largest absolute Gasteiger partial charge is 0.383 e. The van der Waals surface area contributed by atoms with Crippen LogP contribution in [0.5, 0.6) is 0 Å². The number of aromatic nitrogens is 2. The number of hydrogen-bond donors (Lipinski definition) is 2. The Morgan fingerprint density at radius 1 is 0.773 bits per heavy atom. The first-order chi connectivity index (χ1) is 10.8. The Hall–Kier alpha value is -3.14. The molecule has 0 aliphatic heterocycles. The van der Waals surface area contributed by atoms with Crippen LogP contribution in [0.1, 0.15) is 16.7 Å². The molecule has 0 fully saturated rings. The zero-order chi connectivity index (χ0) is 15.4. The fraction of sp³-hybridized carbons (Fsp3) is 0.